The Bertz CT molecular complexity index is 901. The number of rotatable bonds is 2. The van der Waals surface area contributed by atoms with Crippen LogP contribution in [0, 0.1) is 5.82 Å². The van der Waals surface area contributed by atoms with Gasteiger partial charge in [0.25, 0.3) is 5.91 Å². The van der Waals surface area contributed by atoms with Crippen LogP contribution in [0.2, 0.25) is 5.02 Å². The molecular formula is C18H16ClFN4O. The quantitative estimate of drug-likeness (QED) is 0.764. The van der Waals surface area contributed by atoms with Crippen molar-refractivity contribution in [1.29, 1.82) is 0 Å². The molecule has 3 aromatic rings. The Morgan fingerprint density at radius 1 is 1.12 bits per heavy atom. The zero-order valence-electron chi connectivity index (χ0n) is 13.4. The maximum atomic E-state index is 14.0. The number of nitrogens with one attached hydrogen (secondary N) is 1. The van der Waals surface area contributed by atoms with Gasteiger partial charge in [-0.05, 0) is 30.3 Å². The van der Waals surface area contributed by atoms with Gasteiger partial charge in [-0.15, -0.1) is 0 Å². The van der Waals surface area contributed by atoms with E-state index in [4.69, 9.17) is 11.6 Å². The molecule has 128 valence electrons. The molecule has 1 fully saturated rings. The number of nitrogens with zero attached hydrogens (tertiary/aromatic N) is 3. The Labute approximate surface area is 149 Å². The lowest BCUT2D eigenvalue weighted by molar-refractivity contribution is 0.0741. The maximum Gasteiger partial charge on any atom is 0.256 e. The number of halogens is 2. The summed E-state index contributed by atoms with van der Waals surface area (Å²) in [6, 6.07) is 12.0. The second-order valence-corrected chi connectivity index (χ2v) is 6.42. The van der Waals surface area contributed by atoms with E-state index < -0.39 is 5.82 Å². The van der Waals surface area contributed by atoms with Crippen molar-refractivity contribution in [2.24, 2.45) is 0 Å². The highest BCUT2D eigenvalue weighted by Gasteiger charge is 2.25. The molecule has 4 rings (SSSR count). The van der Waals surface area contributed by atoms with E-state index in [0.29, 0.717) is 26.2 Å². The van der Waals surface area contributed by atoms with Crippen LogP contribution in [-0.4, -0.2) is 47.0 Å². The minimum atomic E-state index is -0.586. The number of hydrogen-bond donors (Lipinski definition) is 1. The molecule has 0 aliphatic carbocycles. The first kappa shape index (κ1) is 15.9. The van der Waals surface area contributed by atoms with Crippen molar-refractivity contribution in [2.45, 2.75) is 0 Å². The van der Waals surface area contributed by atoms with Crippen molar-refractivity contribution in [3.8, 4) is 0 Å². The smallest absolute Gasteiger partial charge is 0.256 e. The molecule has 1 aliphatic rings. The molecule has 2 heterocycles. The highest BCUT2D eigenvalue weighted by molar-refractivity contribution is 6.30. The summed E-state index contributed by atoms with van der Waals surface area (Å²) in [4.78, 5) is 24.1. The Morgan fingerprint density at radius 2 is 1.88 bits per heavy atom. The van der Waals surface area contributed by atoms with E-state index in [1.54, 1.807) is 4.90 Å². The summed E-state index contributed by atoms with van der Waals surface area (Å²) in [6.45, 7) is 2.30. The third-order valence-electron chi connectivity index (χ3n) is 4.40. The van der Waals surface area contributed by atoms with Crippen LogP contribution in [0.15, 0.2) is 42.5 Å². The van der Waals surface area contributed by atoms with Crippen LogP contribution in [0.25, 0.3) is 11.0 Å². The van der Waals surface area contributed by atoms with Gasteiger partial charge in [0, 0.05) is 31.2 Å². The van der Waals surface area contributed by atoms with Crippen molar-refractivity contribution < 1.29 is 9.18 Å². The number of aromatic nitrogens is 2. The molecule has 1 saturated heterocycles. The van der Waals surface area contributed by atoms with Crippen LogP contribution >= 0.6 is 11.6 Å². The molecule has 0 saturated carbocycles. The van der Waals surface area contributed by atoms with E-state index in [2.05, 4.69) is 14.9 Å². The van der Waals surface area contributed by atoms with E-state index in [1.165, 1.54) is 18.2 Å². The van der Waals surface area contributed by atoms with Gasteiger partial charge in [-0.25, -0.2) is 9.37 Å². The number of carbonyl (C=O) groups excluding carboxylic acids is 1. The molecule has 5 nitrogen and oxygen atoms in total. The number of anilines is 1. The molecule has 0 atom stereocenters. The van der Waals surface area contributed by atoms with Crippen molar-refractivity contribution >= 4 is 34.5 Å². The van der Waals surface area contributed by atoms with E-state index in [9.17, 15) is 9.18 Å². The van der Waals surface area contributed by atoms with Gasteiger partial charge in [0.2, 0.25) is 5.95 Å². The van der Waals surface area contributed by atoms with E-state index in [-0.39, 0.29) is 16.5 Å². The number of H-pyrrole nitrogens is 1. The minimum absolute atomic E-state index is 0.0570. The molecule has 1 aliphatic heterocycles. The number of fused-ring (bicyclic) bond motifs is 1. The summed E-state index contributed by atoms with van der Waals surface area (Å²) in [5.41, 5.74) is 1.96. The Morgan fingerprint density at radius 3 is 2.60 bits per heavy atom. The minimum Gasteiger partial charge on any atom is -0.339 e. The van der Waals surface area contributed by atoms with Gasteiger partial charge >= 0.3 is 0 Å². The zero-order chi connectivity index (χ0) is 17.4. The lowest BCUT2D eigenvalue weighted by Gasteiger charge is -2.34. The molecule has 2 aromatic carbocycles. The molecule has 1 aromatic heterocycles. The van der Waals surface area contributed by atoms with Gasteiger partial charge in [0.1, 0.15) is 5.82 Å². The van der Waals surface area contributed by atoms with Gasteiger partial charge in [-0.1, -0.05) is 23.7 Å². The number of amides is 1. The molecule has 1 N–H and O–H groups in total. The molecular weight excluding hydrogens is 343 g/mol. The summed E-state index contributed by atoms with van der Waals surface area (Å²) in [5.74, 6) is -0.0957. The van der Waals surface area contributed by atoms with E-state index >= 15 is 0 Å². The molecule has 0 spiro atoms. The molecule has 1 amide bonds. The predicted molar refractivity (Wildman–Crippen MR) is 95.6 cm³/mol. The number of aromatic amines is 1. The largest absolute Gasteiger partial charge is 0.339 e. The Balaban J connectivity index is 1.46. The maximum absolute atomic E-state index is 14.0. The van der Waals surface area contributed by atoms with Crippen molar-refractivity contribution in [3.63, 3.8) is 0 Å². The molecule has 25 heavy (non-hydrogen) atoms. The van der Waals surface area contributed by atoms with E-state index in [1.807, 2.05) is 24.3 Å². The Kier molecular flexibility index (Phi) is 4.05. The number of benzene rings is 2. The molecule has 7 heteroatoms. The lowest BCUT2D eigenvalue weighted by Crippen LogP contribution is -2.49. The first-order valence-corrected chi connectivity index (χ1v) is 8.43. The monoisotopic (exact) mass is 358 g/mol. The Hall–Kier alpha value is -2.60. The van der Waals surface area contributed by atoms with Crippen LogP contribution in [0.4, 0.5) is 10.3 Å². The fourth-order valence-electron chi connectivity index (χ4n) is 3.04. The van der Waals surface area contributed by atoms with Crippen LogP contribution in [0.3, 0.4) is 0 Å². The van der Waals surface area contributed by atoms with Gasteiger partial charge in [-0.2, -0.15) is 0 Å². The first-order valence-electron chi connectivity index (χ1n) is 8.06. The van der Waals surface area contributed by atoms with Gasteiger partial charge < -0.3 is 14.8 Å². The molecule has 0 radical (unpaired) electrons. The van der Waals surface area contributed by atoms with Crippen molar-refractivity contribution in [2.75, 3.05) is 31.1 Å². The molecule has 0 bridgehead atoms. The van der Waals surface area contributed by atoms with Gasteiger partial charge in [-0.3, -0.25) is 4.79 Å². The predicted octanol–water partition coefficient (Wildman–Crippen LogP) is 3.32. The van der Waals surface area contributed by atoms with Crippen LogP contribution < -0.4 is 4.90 Å². The highest BCUT2D eigenvalue weighted by atomic mass is 35.5. The number of para-hydroxylation sites is 2. The fraction of sp³-hybridized carbons (Fsp3) is 0.222. The van der Waals surface area contributed by atoms with Crippen molar-refractivity contribution in [3.05, 3.63) is 58.9 Å². The van der Waals surface area contributed by atoms with Crippen molar-refractivity contribution in [1.82, 2.24) is 14.9 Å². The SMILES string of the molecule is O=C(c1ccc(Cl)cc1F)N1CCN(c2nc3ccccc3[nH]2)CC1. The first-order chi connectivity index (χ1) is 12.1. The number of imidazole rings is 1. The summed E-state index contributed by atoms with van der Waals surface area (Å²) < 4.78 is 14.0. The average Bonchev–Trinajstić information content (AvgIpc) is 3.05. The highest BCUT2D eigenvalue weighted by Crippen LogP contribution is 2.20. The normalized spacial score (nSPS) is 15.0. The number of hydrogen-bond acceptors (Lipinski definition) is 3. The van der Waals surface area contributed by atoms with Crippen LogP contribution in [0.1, 0.15) is 10.4 Å². The zero-order valence-corrected chi connectivity index (χ0v) is 14.1. The van der Waals surface area contributed by atoms with Gasteiger partial charge in [0.15, 0.2) is 0 Å². The summed E-state index contributed by atoms with van der Waals surface area (Å²) in [6.07, 6.45) is 0. The third kappa shape index (κ3) is 3.05. The average molecular weight is 359 g/mol. The molecule has 0 unspecified atom stereocenters. The summed E-state index contributed by atoms with van der Waals surface area (Å²) in [5, 5.41) is 0.281. The van der Waals surface area contributed by atoms with Crippen LogP contribution in [-0.2, 0) is 0 Å². The second-order valence-electron chi connectivity index (χ2n) is 5.98. The third-order valence-corrected chi connectivity index (χ3v) is 4.64. The summed E-state index contributed by atoms with van der Waals surface area (Å²) >= 11 is 5.75. The number of piperazine rings is 1. The standard InChI is InChI=1S/C18H16ClFN4O/c19-12-5-6-13(14(20)11-12)17(25)23-7-9-24(10-8-23)18-21-15-3-1-2-4-16(15)22-18/h1-6,11H,7-10H2,(H,21,22). The fourth-order valence-corrected chi connectivity index (χ4v) is 3.20. The summed E-state index contributed by atoms with van der Waals surface area (Å²) in [7, 11) is 0. The topological polar surface area (TPSA) is 52.2 Å². The second kappa shape index (κ2) is 6.37. The van der Waals surface area contributed by atoms with Gasteiger partial charge in [0.05, 0.1) is 16.6 Å². The van der Waals surface area contributed by atoms with E-state index in [0.717, 1.165) is 17.0 Å². The number of carbonyl (C=O) groups is 1. The lowest BCUT2D eigenvalue weighted by atomic mass is 10.1. The van der Waals surface area contributed by atoms with Crippen LogP contribution in [0.5, 0.6) is 0 Å².